The number of carbonyl (C=O) groups is 1. The van der Waals surface area contributed by atoms with E-state index in [1.54, 1.807) is 12.1 Å². The highest BCUT2D eigenvalue weighted by molar-refractivity contribution is 5.86. The van der Waals surface area contributed by atoms with Gasteiger partial charge in [0.15, 0.2) is 0 Å². The summed E-state index contributed by atoms with van der Waals surface area (Å²) in [7, 11) is 0. The monoisotopic (exact) mass is 285 g/mol. The van der Waals surface area contributed by atoms with Crippen molar-refractivity contribution >= 4 is 5.91 Å². The molecule has 4 heteroatoms. The number of benzene rings is 1. The van der Waals surface area contributed by atoms with Crippen molar-refractivity contribution in [2.24, 2.45) is 11.7 Å². The summed E-state index contributed by atoms with van der Waals surface area (Å²) in [6.07, 6.45) is 3.66. The van der Waals surface area contributed by atoms with Gasteiger partial charge in [-0.3, -0.25) is 4.79 Å². The van der Waals surface area contributed by atoms with Gasteiger partial charge in [-0.05, 0) is 43.4 Å². The van der Waals surface area contributed by atoms with E-state index in [0.29, 0.717) is 11.5 Å². The number of carbonyl (C=O) groups excluding carboxylic acids is 1. The summed E-state index contributed by atoms with van der Waals surface area (Å²) in [6.45, 7) is 4.09. The highest BCUT2D eigenvalue weighted by Gasteiger charge is 2.38. The number of nitrogens with one attached hydrogen (secondary N) is 1. The van der Waals surface area contributed by atoms with E-state index in [9.17, 15) is 4.79 Å². The molecule has 0 heterocycles. The van der Waals surface area contributed by atoms with Crippen LogP contribution in [0.15, 0.2) is 24.3 Å². The SMILES string of the molecule is CC1CCCC(N)(C(=O)NC(C)c2ccc(C#N)cc2)C1. The minimum atomic E-state index is -0.738. The summed E-state index contributed by atoms with van der Waals surface area (Å²) in [5.74, 6) is 0.436. The van der Waals surface area contributed by atoms with E-state index in [1.807, 2.05) is 19.1 Å². The highest BCUT2D eigenvalue weighted by atomic mass is 16.2. The Kier molecular flexibility index (Phi) is 4.64. The van der Waals surface area contributed by atoms with Crippen LogP contribution in [-0.4, -0.2) is 11.4 Å². The summed E-state index contributed by atoms with van der Waals surface area (Å²) in [5, 5.41) is 11.8. The Labute approximate surface area is 126 Å². The van der Waals surface area contributed by atoms with Crippen molar-refractivity contribution in [3.63, 3.8) is 0 Å². The summed E-state index contributed by atoms with van der Waals surface area (Å²) in [6, 6.07) is 9.25. The summed E-state index contributed by atoms with van der Waals surface area (Å²) in [5.41, 5.74) is 7.17. The Hall–Kier alpha value is -1.86. The quantitative estimate of drug-likeness (QED) is 0.896. The second-order valence-corrected chi connectivity index (χ2v) is 6.29. The van der Waals surface area contributed by atoms with Crippen molar-refractivity contribution < 1.29 is 4.79 Å². The number of hydrogen-bond donors (Lipinski definition) is 2. The highest BCUT2D eigenvalue weighted by Crippen LogP contribution is 2.31. The molecular formula is C17H23N3O. The zero-order valence-corrected chi connectivity index (χ0v) is 12.7. The van der Waals surface area contributed by atoms with Crippen LogP contribution >= 0.6 is 0 Å². The topological polar surface area (TPSA) is 78.9 Å². The van der Waals surface area contributed by atoms with Crippen molar-refractivity contribution in [2.75, 3.05) is 0 Å². The second kappa shape index (κ2) is 6.28. The maximum absolute atomic E-state index is 12.5. The lowest BCUT2D eigenvalue weighted by Gasteiger charge is -2.36. The number of nitriles is 1. The molecule has 1 aromatic carbocycles. The van der Waals surface area contributed by atoms with E-state index < -0.39 is 5.54 Å². The molecule has 1 saturated carbocycles. The van der Waals surface area contributed by atoms with Crippen LogP contribution in [0.5, 0.6) is 0 Å². The fourth-order valence-electron chi connectivity index (χ4n) is 3.07. The zero-order valence-electron chi connectivity index (χ0n) is 12.7. The first kappa shape index (κ1) is 15.5. The molecule has 0 radical (unpaired) electrons. The van der Waals surface area contributed by atoms with Crippen LogP contribution in [0, 0.1) is 17.2 Å². The van der Waals surface area contributed by atoms with Crippen LogP contribution < -0.4 is 11.1 Å². The van der Waals surface area contributed by atoms with E-state index in [1.165, 1.54) is 0 Å². The lowest BCUT2D eigenvalue weighted by atomic mass is 9.76. The average Bonchev–Trinajstić information content (AvgIpc) is 2.47. The van der Waals surface area contributed by atoms with Crippen LogP contribution in [0.25, 0.3) is 0 Å². The van der Waals surface area contributed by atoms with Gasteiger partial charge >= 0.3 is 0 Å². The fraction of sp³-hybridized carbons (Fsp3) is 0.529. The van der Waals surface area contributed by atoms with Gasteiger partial charge in [0.1, 0.15) is 0 Å². The standard InChI is InChI=1S/C17H23N3O/c1-12-4-3-9-17(19,10-12)16(21)20-13(2)15-7-5-14(11-18)6-8-15/h5-8,12-13H,3-4,9-10,19H2,1-2H3,(H,20,21). The maximum atomic E-state index is 12.5. The van der Waals surface area contributed by atoms with Crippen molar-refractivity contribution in [1.82, 2.24) is 5.32 Å². The van der Waals surface area contributed by atoms with Crippen LogP contribution in [0.2, 0.25) is 0 Å². The van der Waals surface area contributed by atoms with Gasteiger partial charge in [0.05, 0.1) is 23.2 Å². The maximum Gasteiger partial charge on any atom is 0.240 e. The van der Waals surface area contributed by atoms with Crippen molar-refractivity contribution in [1.29, 1.82) is 5.26 Å². The van der Waals surface area contributed by atoms with Gasteiger partial charge in [-0.25, -0.2) is 0 Å². The first-order valence-electron chi connectivity index (χ1n) is 7.54. The van der Waals surface area contributed by atoms with E-state index >= 15 is 0 Å². The Morgan fingerprint density at radius 3 is 2.71 bits per heavy atom. The van der Waals surface area contributed by atoms with Gasteiger partial charge in [0.2, 0.25) is 5.91 Å². The van der Waals surface area contributed by atoms with Gasteiger partial charge in [-0.15, -0.1) is 0 Å². The third kappa shape index (κ3) is 3.62. The molecule has 1 amide bonds. The van der Waals surface area contributed by atoms with E-state index in [2.05, 4.69) is 18.3 Å². The number of amides is 1. The molecule has 4 nitrogen and oxygen atoms in total. The molecule has 0 saturated heterocycles. The number of rotatable bonds is 3. The van der Waals surface area contributed by atoms with E-state index in [-0.39, 0.29) is 11.9 Å². The molecular weight excluding hydrogens is 262 g/mol. The number of nitrogens with zero attached hydrogens (tertiary/aromatic N) is 1. The third-order valence-electron chi connectivity index (χ3n) is 4.37. The molecule has 3 unspecified atom stereocenters. The molecule has 0 aliphatic heterocycles. The average molecular weight is 285 g/mol. The first-order valence-corrected chi connectivity index (χ1v) is 7.54. The lowest BCUT2D eigenvalue weighted by molar-refractivity contribution is -0.128. The largest absolute Gasteiger partial charge is 0.348 e. The fourth-order valence-corrected chi connectivity index (χ4v) is 3.07. The van der Waals surface area contributed by atoms with E-state index in [0.717, 1.165) is 31.2 Å². The molecule has 0 bridgehead atoms. The molecule has 1 aliphatic carbocycles. The molecule has 112 valence electrons. The van der Waals surface area contributed by atoms with Crippen LogP contribution in [0.1, 0.15) is 56.7 Å². The molecule has 0 aromatic heterocycles. The van der Waals surface area contributed by atoms with E-state index in [4.69, 9.17) is 11.0 Å². The van der Waals surface area contributed by atoms with Crippen LogP contribution in [-0.2, 0) is 4.79 Å². The summed E-state index contributed by atoms with van der Waals surface area (Å²) >= 11 is 0. The smallest absolute Gasteiger partial charge is 0.240 e. The zero-order chi connectivity index (χ0) is 15.5. The Balaban J connectivity index is 2.02. The van der Waals surface area contributed by atoms with Gasteiger partial charge in [-0.2, -0.15) is 5.26 Å². The van der Waals surface area contributed by atoms with Crippen molar-refractivity contribution in [3.8, 4) is 6.07 Å². The lowest BCUT2D eigenvalue weighted by Crippen LogP contribution is -2.56. The summed E-state index contributed by atoms with van der Waals surface area (Å²) in [4.78, 5) is 12.5. The summed E-state index contributed by atoms with van der Waals surface area (Å²) < 4.78 is 0. The van der Waals surface area contributed by atoms with Crippen molar-refractivity contribution in [2.45, 2.75) is 51.1 Å². The minimum Gasteiger partial charge on any atom is -0.348 e. The normalized spacial score (nSPS) is 26.7. The first-order chi connectivity index (χ1) is 9.94. The third-order valence-corrected chi connectivity index (χ3v) is 4.37. The van der Waals surface area contributed by atoms with Crippen LogP contribution in [0.3, 0.4) is 0 Å². The number of hydrogen-bond acceptors (Lipinski definition) is 3. The second-order valence-electron chi connectivity index (χ2n) is 6.29. The van der Waals surface area contributed by atoms with Gasteiger partial charge in [-0.1, -0.05) is 31.9 Å². The minimum absolute atomic E-state index is 0.0640. The molecule has 21 heavy (non-hydrogen) atoms. The van der Waals surface area contributed by atoms with Crippen LogP contribution in [0.4, 0.5) is 0 Å². The molecule has 1 aliphatic rings. The molecule has 2 rings (SSSR count). The molecule has 1 aromatic rings. The molecule has 0 spiro atoms. The van der Waals surface area contributed by atoms with Gasteiger partial charge in [0, 0.05) is 0 Å². The van der Waals surface area contributed by atoms with Gasteiger partial charge in [0.25, 0.3) is 0 Å². The Bertz CT molecular complexity index is 546. The molecule has 3 N–H and O–H groups in total. The number of nitrogens with two attached hydrogens (primary N) is 1. The van der Waals surface area contributed by atoms with Crippen molar-refractivity contribution in [3.05, 3.63) is 35.4 Å². The van der Waals surface area contributed by atoms with Gasteiger partial charge < -0.3 is 11.1 Å². The Morgan fingerprint density at radius 2 is 2.14 bits per heavy atom. The Morgan fingerprint density at radius 1 is 1.48 bits per heavy atom. The molecule has 3 atom stereocenters. The predicted octanol–water partition coefficient (Wildman–Crippen LogP) is 2.64. The molecule has 1 fully saturated rings. The predicted molar refractivity (Wildman–Crippen MR) is 82.3 cm³/mol.